The molecule has 0 saturated heterocycles. The summed E-state index contributed by atoms with van der Waals surface area (Å²) in [5.74, 6) is 0.673. The molecule has 1 atom stereocenters. The second kappa shape index (κ2) is 8.43. The van der Waals surface area contributed by atoms with Gasteiger partial charge in [0.05, 0.1) is 19.1 Å². The Morgan fingerprint density at radius 2 is 2.10 bits per heavy atom. The molecular weight excluding hydrogens is 256 g/mol. The summed E-state index contributed by atoms with van der Waals surface area (Å²) in [6.07, 6.45) is 0. The molecule has 0 radical (unpaired) electrons. The fourth-order valence-corrected chi connectivity index (χ4v) is 1.68. The molecule has 112 valence electrons. The van der Waals surface area contributed by atoms with Crippen LogP contribution in [0.2, 0.25) is 0 Å². The Morgan fingerprint density at radius 1 is 1.35 bits per heavy atom. The van der Waals surface area contributed by atoms with Crippen molar-refractivity contribution >= 4 is 5.91 Å². The molecule has 1 amide bonds. The van der Waals surface area contributed by atoms with Crippen molar-refractivity contribution in [1.82, 2.24) is 5.32 Å². The minimum atomic E-state index is -0.368. The Morgan fingerprint density at radius 3 is 2.70 bits per heavy atom. The second-order valence-electron chi connectivity index (χ2n) is 4.57. The first-order chi connectivity index (χ1) is 9.60. The number of para-hydroxylation sites is 1. The van der Waals surface area contributed by atoms with Crippen molar-refractivity contribution in [3.8, 4) is 11.5 Å². The van der Waals surface area contributed by atoms with E-state index in [1.807, 2.05) is 32.0 Å². The summed E-state index contributed by atoms with van der Waals surface area (Å²) in [6.45, 7) is 8.09. The van der Waals surface area contributed by atoms with Crippen LogP contribution in [-0.2, 0) is 11.3 Å². The molecular formula is C15H24N2O3. The molecule has 1 unspecified atom stereocenters. The van der Waals surface area contributed by atoms with Gasteiger partial charge < -0.3 is 20.5 Å². The van der Waals surface area contributed by atoms with Crippen LogP contribution < -0.4 is 20.5 Å². The molecule has 0 fully saturated rings. The number of ether oxygens (including phenoxy) is 2. The summed E-state index contributed by atoms with van der Waals surface area (Å²) in [5, 5.41) is 3.26. The molecule has 1 aromatic carbocycles. The number of hydrogen-bond acceptors (Lipinski definition) is 4. The molecule has 3 N–H and O–H groups in total. The standard InChI is InChI=1S/C15H24N2O3/c1-4-17-9-12-7-6-8-13(19-5-2)14(12)20-10-11(3)15(16)18/h6-8,11,17H,4-5,9-10H2,1-3H3,(H2,16,18). The number of rotatable bonds is 9. The lowest BCUT2D eigenvalue weighted by molar-refractivity contribution is -0.122. The maximum absolute atomic E-state index is 11.1. The van der Waals surface area contributed by atoms with Gasteiger partial charge in [0.2, 0.25) is 5.91 Å². The van der Waals surface area contributed by atoms with Crippen LogP contribution in [0.15, 0.2) is 18.2 Å². The van der Waals surface area contributed by atoms with Gasteiger partial charge in [-0.2, -0.15) is 0 Å². The number of carbonyl (C=O) groups excluding carboxylic acids is 1. The van der Waals surface area contributed by atoms with Gasteiger partial charge in [0.25, 0.3) is 0 Å². The molecule has 5 nitrogen and oxygen atoms in total. The minimum Gasteiger partial charge on any atom is -0.490 e. The fourth-order valence-electron chi connectivity index (χ4n) is 1.68. The topological polar surface area (TPSA) is 73.6 Å². The lowest BCUT2D eigenvalue weighted by Crippen LogP contribution is -2.26. The average molecular weight is 280 g/mol. The third-order valence-corrected chi connectivity index (χ3v) is 2.89. The monoisotopic (exact) mass is 280 g/mol. The Hall–Kier alpha value is -1.75. The van der Waals surface area contributed by atoms with Crippen molar-refractivity contribution in [3.05, 3.63) is 23.8 Å². The zero-order chi connectivity index (χ0) is 15.0. The zero-order valence-corrected chi connectivity index (χ0v) is 12.4. The molecule has 1 aromatic rings. The minimum absolute atomic E-state index is 0.249. The van der Waals surface area contributed by atoms with Gasteiger partial charge in [-0.1, -0.05) is 26.0 Å². The van der Waals surface area contributed by atoms with Crippen molar-refractivity contribution < 1.29 is 14.3 Å². The Kier molecular flexibility index (Phi) is 6.87. The average Bonchev–Trinajstić information content (AvgIpc) is 2.43. The third kappa shape index (κ3) is 4.74. The fraction of sp³-hybridized carbons (Fsp3) is 0.533. The highest BCUT2D eigenvalue weighted by molar-refractivity contribution is 5.76. The van der Waals surface area contributed by atoms with Gasteiger partial charge in [-0.05, 0) is 19.5 Å². The molecule has 0 aliphatic rings. The van der Waals surface area contributed by atoms with Crippen molar-refractivity contribution in [2.75, 3.05) is 19.8 Å². The summed E-state index contributed by atoms with van der Waals surface area (Å²) in [4.78, 5) is 11.1. The molecule has 0 saturated carbocycles. The van der Waals surface area contributed by atoms with Crippen LogP contribution in [0.25, 0.3) is 0 Å². The second-order valence-corrected chi connectivity index (χ2v) is 4.57. The maximum atomic E-state index is 11.1. The van der Waals surface area contributed by atoms with E-state index in [1.165, 1.54) is 0 Å². The molecule has 0 spiro atoms. The molecule has 0 bridgehead atoms. The van der Waals surface area contributed by atoms with Crippen molar-refractivity contribution in [3.63, 3.8) is 0 Å². The number of amides is 1. The quantitative estimate of drug-likeness (QED) is 0.722. The third-order valence-electron chi connectivity index (χ3n) is 2.89. The van der Waals surface area contributed by atoms with Crippen LogP contribution in [0.4, 0.5) is 0 Å². The highest BCUT2D eigenvalue weighted by Crippen LogP contribution is 2.31. The number of primary amides is 1. The van der Waals surface area contributed by atoms with Crippen LogP contribution in [0.3, 0.4) is 0 Å². The highest BCUT2D eigenvalue weighted by atomic mass is 16.5. The van der Waals surface area contributed by atoms with E-state index in [9.17, 15) is 4.79 Å². The van der Waals surface area contributed by atoms with E-state index in [-0.39, 0.29) is 18.4 Å². The molecule has 20 heavy (non-hydrogen) atoms. The highest BCUT2D eigenvalue weighted by Gasteiger charge is 2.14. The number of nitrogens with one attached hydrogen (secondary N) is 1. The number of carbonyl (C=O) groups is 1. The van der Waals surface area contributed by atoms with Crippen LogP contribution in [-0.4, -0.2) is 25.7 Å². The molecule has 0 aromatic heterocycles. The van der Waals surface area contributed by atoms with E-state index in [1.54, 1.807) is 6.92 Å². The molecule has 5 heteroatoms. The van der Waals surface area contributed by atoms with Crippen LogP contribution in [0.1, 0.15) is 26.3 Å². The van der Waals surface area contributed by atoms with E-state index in [2.05, 4.69) is 5.32 Å². The van der Waals surface area contributed by atoms with Crippen LogP contribution in [0, 0.1) is 5.92 Å². The first-order valence-corrected chi connectivity index (χ1v) is 6.97. The predicted octanol–water partition coefficient (Wildman–Crippen LogP) is 1.69. The summed E-state index contributed by atoms with van der Waals surface area (Å²) >= 11 is 0. The number of nitrogens with two attached hydrogens (primary N) is 1. The predicted molar refractivity (Wildman–Crippen MR) is 78.8 cm³/mol. The largest absolute Gasteiger partial charge is 0.490 e. The summed E-state index contributed by atoms with van der Waals surface area (Å²) < 4.78 is 11.4. The smallest absolute Gasteiger partial charge is 0.223 e. The molecule has 0 heterocycles. The van der Waals surface area contributed by atoms with Gasteiger partial charge in [0.1, 0.15) is 0 Å². The zero-order valence-electron chi connectivity index (χ0n) is 12.4. The van der Waals surface area contributed by atoms with E-state index in [4.69, 9.17) is 15.2 Å². The Labute approximate surface area is 120 Å². The molecule has 1 rings (SSSR count). The summed E-state index contributed by atoms with van der Waals surface area (Å²) in [7, 11) is 0. The maximum Gasteiger partial charge on any atom is 0.223 e. The Bertz CT molecular complexity index is 435. The van der Waals surface area contributed by atoms with Crippen LogP contribution in [0.5, 0.6) is 11.5 Å². The molecule has 0 aliphatic heterocycles. The first-order valence-electron chi connectivity index (χ1n) is 6.97. The van der Waals surface area contributed by atoms with Gasteiger partial charge in [0.15, 0.2) is 11.5 Å². The number of benzene rings is 1. The van der Waals surface area contributed by atoms with E-state index < -0.39 is 0 Å². The Balaban J connectivity index is 2.89. The van der Waals surface area contributed by atoms with Crippen molar-refractivity contribution in [1.29, 1.82) is 0 Å². The number of hydrogen-bond donors (Lipinski definition) is 2. The van der Waals surface area contributed by atoms with E-state index in [0.29, 0.717) is 24.7 Å². The van der Waals surface area contributed by atoms with Gasteiger partial charge in [0, 0.05) is 12.1 Å². The van der Waals surface area contributed by atoms with E-state index >= 15 is 0 Å². The molecule has 0 aliphatic carbocycles. The van der Waals surface area contributed by atoms with Gasteiger partial charge in [-0.3, -0.25) is 4.79 Å². The lowest BCUT2D eigenvalue weighted by atomic mass is 10.1. The lowest BCUT2D eigenvalue weighted by Gasteiger charge is -2.17. The van der Waals surface area contributed by atoms with Gasteiger partial charge >= 0.3 is 0 Å². The SMILES string of the molecule is CCNCc1cccc(OCC)c1OCC(C)C(N)=O. The normalized spacial score (nSPS) is 11.9. The van der Waals surface area contributed by atoms with Gasteiger partial charge in [-0.15, -0.1) is 0 Å². The van der Waals surface area contributed by atoms with Crippen LogP contribution >= 0.6 is 0 Å². The van der Waals surface area contributed by atoms with Crippen molar-refractivity contribution in [2.45, 2.75) is 27.3 Å². The van der Waals surface area contributed by atoms with Gasteiger partial charge in [-0.25, -0.2) is 0 Å². The first kappa shape index (κ1) is 16.3. The van der Waals surface area contributed by atoms with E-state index in [0.717, 1.165) is 12.1 Å². The van der Waals surface area contributed by atoms with Crippen molar-refractivity contribution in [2.24, 2.45) is 11.7 Å². The summed E-state index contributed by atoms with van der Waals surface area (Å²) in [5.41, 5.74) is 6.26. The summed E-state index contributed by atoms with van der Waals surface area (Å²) in [6, 6.07) is 5.78.